The van der Waals surface area contributed by atoms with Crippen molar-refractivity contribution in [3.63, 3.8) is 0 Å². The van der Waals surface area contributed by atoms with Crippen LogP contribution in [-0.2, 0) is 9.59 Å². The maximum absolute atomic E-state index is 14.1. The number of fused-ring (bicyclic) bond motifs is 5. The van der Waals surface area contributed by atoms with Gasteiger partial charge in [-0.1, -0.05) is 36.4 Å². The Kier molecular flexibility index (Phi) is 5.30. The molecule has 8 heteroatoms. The normalized spacial score (nSPS) is 24.0. The third kappa shape index (κ3) is 3.24. The fraction of sp³-hybridized carbons (Fsp3) is 0.179. The quantitative estimate of drug-likeness (QED) is 0.345. The third-order valence-corrected chi connectivity index (χ3v) is 7.81. The van der Waals surface area contributed by atoms with E-state index in [-0.39, 0.29) is 11.5 Å². The number of hydrogen-bond acceptors (Lipinski definition) is 5. The minimum Gasteiger partial charge on any atom is -0.496 e. The molecular weight excluding hydrogens is 527 g/mol. The summed E-state index contributed by atoms with van der Waals surface area (Å²) >= 11 is 3.44. The van der Waals surface area contributed by atoms with Crippen LogP contribution in [0.5, 0.6) is 5.75 Å². The molecule has 3 aliphatic rings. The second kappa shape index (κ2) is 8.41. The molecule has 3 aromatic rings. The second-order valence-electron chi connectivity index (χ2n) is 9.02. The minimum atomic E-state index is -0.921. The van der Waals surface area contributed by atoms with Gasteiger partial charge in [0.15, 0.2) is 5.78 Å². The summed E-state index contributed by atoms with van der Waals surface area (Å²) in [5.74, 6) is -2.87. The van der Waals surface area contributed by atoms with Gasteiger partial charge in [-0.15, -0.1) is 0 Å². The Morgan fingerprint density at radius 3 is 2.50 bits per heavy atom. The van der Waals surface area contributed by atoms with Gasteiger partial charge in [0.25, 0.3) is 0 Å². The molecule has 0 radical (unpaired) electrons. The maximum atomic E-state index is 14.1. The molecule has 6 rings (SSSR count). The van der Waals surface area contributed by atoms with E-state index in [2.05, 4.69) is 15.9 Å². The lowest BCUT2D eigenvalue weighted by molar-refractivity contribution is -0.122. The van der Waals surface area contributed by atoms with Crippen LogP contribution in [0.15, 0.2) is 77.3 Å². The first-order valence-electron chi connectivity index (χ1n) is 11.5. The number of rotatable bonds is 4. The Balaban J connectivity index is 1.49. The average molecular weight is 547 g/mol. The molecule has 36 heavy (non-hydrogen) atoms. The molecule has 6 nitrogen and oxygen atoms in total. The van der Waals surface area contributed by atoms with Crippen molar-refractivity contribution in [2.24, 2.45) is 11.8 Å². The Labute approximate surface area is 215 Å². The van der Waals surface area contributed by atoms with Crippen LogP contribution >= 0.6 is 15.9 Å². The highest BCUT2D eigenvalue weighted by atomic mass is 79.9. The topological polar surface area (TPSA) is 66.9 Å². The number of nitrogens with zero attached hydrogens (tertiary/aromatic N) is 2. The van der Waals surface area contributed by atoms with Crippen LogP contribution in [-0.4, -0.2) is 36.8 Å². The van der Waals surface area contributed by atoms with Gasteiger partial charge in [-0.2, -0.15) is 0 Å². The molecule has 0 saturated carbocycles. The van der Waals surface area contributed by atoms with Gasteiger partial charge in [0.05, 0.1) is 35.1 Å². The van der Waals surface area contributed by atoms with E-state index in [9.17, 15) is 18.8 Å². The first-order chi connectivity index (χ1) is 17.4. The number of para-hydroxylation sites is 1. The highest BCUT2D eigenvalue weighted by Gasteiger charge is 2.64. The van der Waals surface area contributed by atoms with Gasteiger partial charge in [-0.05, 0) is 64.0 Å². The average Bonchev–Trinajstić information content (AvgIpc) is 3.36. The highest BCUT2D eigenvalue weighted by molar-refractivity contribution is 9.10. The van der Waals surface area contributed by atoms with E-state index in [0.717, 1.165) is 22.2 Å². The minimum absolute atomic E-state index is 0.171. The van der Waals surface area contributed by atoms with Crippen LogP contribution in [0.25, 0.3) is 6.08 Å². The first kappa shape index (κ1) is 22.7. The van der Waals surface area contributed by atoms with E-state index in [0.29, 0.717) is 15.8 Å². The van der Waals surface area contributed by atoms with E-state index in [1.54, 1.807) is 18.2 Å². The fourth-order valence-corrected chi connectivity index (χ4v) is 6.21. The lowest BCUT2D eigenvalue weighted by Gasteiger charge is -2.36. The highest BCUT2D eigenvalue weighted by Crippen LogP contribution is 2.50. The molecule has 0 N–H and O–H groups in total. The van der Waals surface area contributed by atoms with Crippen molar-refractivity contribution >= 4 is 51.0 Å². The van der Waals surface area contributed by atoms with E-state index in [1.165, 1.54) is 25.3 Å². The maximum Gasteiger partial charge on any atom is 0.240 e. The molecule has 0 aliphatic carbocycles. The van der Waals surface area contributed by atoms with E-state index < -0.39 is 41.6 Å². The number of carbonyl (C=O) groups excluding carboxylic acids is 3. The molecule has 0 bridgehead atoms. The number of ether oxygens (including phenoxy) is 1. The number of imide groups is 1. The molecule has 3 heterocycles. The zero-order valence-electron chi connectivity index (χ0n) is 19.1. The zero-order valence-corrected chi connectivity index (χ0v) is 20.7. The standard InChI is InChI=1S/C28H20BrFN2O4/c1-36-22-12-10-16(13-19(22)29)26(33)25-24-23(21-11-9-15-5-2-3-8-20(15)32(21)25)27(34)31(28(24)35)18-7-4-6-17(30)14-18/h2-14,21,23-25H,1H3. The number of carbonyl (C=O) groups is 3. The molecule has 3 aliphatic heterocycles. The largest absolute Gasteiger partial charge is 0.496 e. The number of methoxy groups -OCH3 is 1. The van der Waals surface area contributed by atoms with Crippen molar-refractivity contribution in [2.45, 2.75) is 12.1 Å². The summed E-state index contributed by atoms with van der Waals surface area (Å²) in [7, 11) is 1.54. The van der Waals surface area contributed by atoms with Crippen LogP contribution < -0.4 is 14.5 Å². The van der Waals surface area contributed by atoms with Gasteiger partial charge in [-0.3, -0.25) is 14.4 Å². The van der Waals surface area contributed by atoms with Crippen LogP contribution in [0.1, 0.15) is 15.9 Å². The van der Waals surface area contributed by atoms with Gasteiger partial charge in [-0.25, -0.2) is 9.29 Å². The van der Waals surface area contributed by atoms with Crippen molar-refractivity contribution in [3.8, 4) is 5.75 Å². The molecule has 180 valence electrons. The summed E-state index contributed by atoms with van der Waals surface area (Å²) in [5.41, 5.74) is 2.26. The number of Topliss-reactive ketones (excluding diaryl/α,β-unsaturated/α-hetero) is 1. The summed E-state index contributed by atoms with van der Waals surface area (Å²) in [4.78, 5) is 44.6. The molecule has 0 spiro atoms. The summed E-state index contributed by atoms with van der Waals surface area (Å²) in [6, 6.07) is 16.6. The van der Waals surface area contributed by atoms with E-state index in [1.807, 2.05) is 41.3 Å². The Morgan fingerprint density at radius 1 is 0.972 bits per heavy atom. The van der Waals surface area contributed by atoms with Gasteiger partial charge < -0.3 is 9.64 Å². The van der Waals surface area contributed by atoms with Gasteiger partial charge in [0, 0.05) is 11.3 Å². The SMILES string of the molecule is COc1ccc(C(=O)C2C3C(=O)N(c4cccc(F)c4)C(=O)C3C3C=Cc4ccccc4N32)cc1Br. The summed E-state index contributed by atoms with van der Waals surface area (Å²) in [6.45, 7) is 0. The smallest absolute Gasteiger partial charge is 0.240 e. The number of halogens is 2. The van der Waals surface area contributed by atoms with E-state index >= 15 is 0 Å². The summed E-state index contributed by atoms with van der Waals surface area (Å²) < 4.78 is 19.9. The zero-order chi connectivity index (χ0) is 25.1. The van der Waals surface area contributed by atoms with Gasteiger partial charge in [0.2, 0.25) is 11.8 Å². The molecule has 0 aromatic heterocycles. The second-order valence-corrected chi connectivity index (χ2v) is 9.87. The number of benzene rings is 3. The van der Waals surface area contributed by atoms with Crippen LogP contribution in [0.2, 0.25) is 0 Å². The van der Waals surface area contributed by atoms with Crippen molar-refractivity contribution < 1.29 is 23.5 Å². The van der Waals surface area contributed by atoms with Crippen molar-refractivity contribution in [1.82, 2.24) is 0 Å². The lowest BCUT2D eigenvalue weighted by atomic mass is 9.86. The fourth-order valence-electron chi connectivity index (χ4n) is 5.67. The Bertz CT molecular complexity index is 1470. The number of anilines is 2. The molecule has 4 unspecified atom stereocenters. The van der Waals surface area contributed by atoms with Crippen molar-refractivity contribution in [1.29, 1.82) is 0 Å². The predicted octanol–water partition coefficient (Wildman–Crippen LogP) is 4.87. The number of amides is 2. The number of hydrogen-bond donors (Lipinski definition) is 0. The van der Waals surface area contributed by atoms with Crippen molar-refractivity contribution in [2.75, 3.05) is 16.9 Å². The molecule has 2 fully saturated rings. The summed E-state index contributed by atoms with van der Waals surface area (Å²) in [6.07, 6.45) is 3.81. The van der Waals surface area contributed by atoms with Crippen LogP contribution in [0.4, 0.5) is 15.8 Å². The Morgan fingerprint density at radius 2 is 1.75 bits per heavy atom. The molecule has 2 saturated heterocycles. The third-order valence-electron chi connectivity index (χ3n) is 7.19. The monoisotopic (exact) mass is 546 g/mol. The Hall–Kier alpha value is -3.78. The van der Waals surface area contributed by atoms with Crippen LogP contribution in [0.3, 0.4) is 0 Å². The van der Waals surface area contributed by atoms with Gasteiger partial charge >= 0.3 is 0 Å². The first-order valence-corrected chi connectivity index (χ1v) is 12.3. The molecule has 3 aromatic carbocycles. The van der Waals surface area contributed by atoms with Gasteiger partial charge in [0.1, 0.15) is 17.6 Å². The van der Waals surface area contributed by atoms with Crippen LogP contribution in [0, 0.1) is 17.7 Å². The summed E-state index contributed by atoms with van der Waals surface area (Å²) in [5, 5.41) is 0. The molecule has 2 amide bonds. The predicted molar refractivity (Wildman–Crippen MR) is 136 cm³/mol. The lowest BCUT2D eigenvalue weighted by Crippen LogP contribution is -2.48. The number of ketones is 1. The molecule has 4 atom stereocenters. The van der Waals surface area contributed by atoms with E-state index in [4.69, 9.17) is 4.74 Å². The van der Waals surface area contributed by atoms with Crippen molar-refractivity contribution in [3.05, 3.63) is 94.2 Å². The molecular formula is C28H20BrFN2O4.